The molecule has 134 valence electrons. The van der Waals surface area contributed by atoms with Gasteiger partial charge in [-0.25, -0.2) is 4.90 Å². The van der Waals surface area contributed by atoms with E-state index >= 15 is 0 Å². The number of benzene rings is 1. The fraction of sp³-hybridized carbons (Fsp3) is 0.400. The van der Waals surface area contributed by atoms with Crippen molar-refractivity contribution in [3.63, 3.8) is 0 Å². The highest BCUT2D eigenvalue weighted by atomic mass is 16.2. The third-order valence-corrected chi connectivity index (χ3v) is 5.31. The summed E-state index contributed by atoms with van der Waals surface area (Å²) in [7, 11) is 0. The molecule has 2 saturated heterocycles. The van der Waals surface area contributed by atoms with Crippen LogP contribution in [-0.2, 0) is 14.4 Å². The molecular formula is C20H21N3O3. The van der Waals surface area contributed by atoms with Crippen LogP contribution in [0.25, 0.3) is 0 Å². The van der Waals surface area contributed by atoms with Crippen LogP contribution in [0.4, 0.5) is 5.69 Å². The number of fused-ring (bicyclic) bond motifs is 3. The van der Waals surface area contributed by atoms with Crippen LogP contribution in [0.2, 0.25) is 0 Å². The molecule has 3 aliphatic rings. The predicted molar refractivity (Wildman–Crippen MR) is 97.4 cm³/mol. The van der Waals surface area contributed by atoms with Gasteiger partial charge in [0.05, 0.1) is 23.6 Å². The van der Waals surface area contributed by atoms with E-state index in [0.717, 1.165) is 0 Å². The van der Waals surface area contributed by atoms with Gasteiger partial charge in [-0.2, -0.15) is 5.10 Å². The fourth-order valence-corrected chi connectivity index (χ4v) is 4.11. The van der Waals surface area contributed by atoms with Crippen molar-refractivity contribution in [3.8, 4) is 0 Å². The average molecular weight is 351 g/mol. The molecular weight excluding hydrogens is 330 g/mol. The Morgan fingerprint density at radius 2 is 1.69 bits per heavy atom. The van der Waals surface area contributed by atoms with Gasteiger partial charge < -0.3 is 0 Å². The van der Waals surface area contributed by atoms with E-state index < -0.39 is 23.3 Å². The van der Waals surface area contributed by atoms with Gasteiger partial charge in [0.1, 0.15) is 6.04 Å². The summed E-state index contributed by atoms with van der Waals surface area (Å²) in [6.07, 6.45) is 5.23. The van der Waals surface area contributed by atoms with Crippen LogP contribution in [-0.4, -0.2) is 40.9 Å². The number of Topliss-reactive ketones (excluding diaryl/α,β-unsaturated/α-hetero) is 1. The first kappa shape index (κ1) is 16.7. The largest absolute Gasteiger partial charge is 0.297 e. The van der Waals surface area contributed by atoms with Crippen molar-refractivity contribution in [2.45, 2.75) is 32.9 Å². The lowest BCUT2D eigenvalue weighted by Gasteiger charge is -2.33. The van der Waals surface area contributed by atoms with E-state index in [9.17, 15) is 14.4 Å². The monoisotopic (exact) mass is 351 g/mol. The molecule has 0 radical (unpaired) electrons. The number of nitrogens with zero attached hydrogens (tertiary/aromatic N) is 3. The number of anilines is 1. The highest BCUT2D eigenvalue weighted by Crippen LogP contribution is 2.47. The molecule has 4 atom stereocenters. The molecule has 1 aromatic carbocycles. The van der Waals surface area contributed by atoms with E-state index in [1.54, 1.807) is 41.6 Å². The van der Waals surface area contributed by atoms with Crippen molar-refractivity contribution in [3.05, 3.63) is 42.5 Å². The summed E-state index contributed by atoms with van der Waals surface area (Å²) in [4.78, 5) is 40.8. The van der Waals surface area contributed by atoms with Gasteiger partial charge in [-0.1, -0.05) is 45.0 Å². The molecule has 0 aliphatic carbocycles. The van der Waals surface area contributed by atoms with Gasteiger partial charge >= 0.3 is 0 Å². The lowest BCUT2D eigenvalue weighted by atomic mass is 9.80. The van der Waals surface area contributed by atoms with Crippen LogP contribution in [0.5, 0.6) is 0 Å². The minimum absolute atomic E-state index is 0.0708. The number of carbonyl (C=O) groups excluding carboxylic acids is 3. The first-order valence-corrected chi connectivity index (χ1v) is 8.78. The molecule has 4 rings (SSSR count). The summed E-state index contributed by atoms with van der Waals surface area (Å²) < 4.78 is 0. The van der Waals surface area contributed by atoms with Gasteiger partial charge in [0.15, 0.2) is 5.78 Å². The number of ketones is 1. The molecule has 0 N–H and O–H groups in total. The van der Waals surface area contributed by atoms with E-state index in [0.29, 0.717) is 5.69 Å². The summed E-state index contributed by atoms with van der Waals surface area (Å²) in [6, 6.07) is 7.80. The smallest absolute Gasteiger partial charge is 0.240 e. The Morgan fingerprint density at radius 3 is 2.35 bits per heavy atom. The van der Waals surface area contributed by atoms with Crippen molar-refractivity contribution < 1.29 is 14.4 Å². The zero-order valence-corrected chi connectivity index (χ0v) is 15.0. The molecule has 6 heteroatoms. The van der Waals surface area contributed by atoms with Gasteiger partial charge in [-0.05, 0) is 18.2 Å². The second-order valence-corrected chi connectivity index (χ2v) is 7.98. The predicted octanol–water partition coefficient (Wildman–Crippen LogP) is 2.02. The van der Waals surface area contributed by atoms with Gasteiger partial charge in [0, 0.05) is 11.6 Å². The third kappa shape index (κ3) is 2.25. The number of hydrogen-bond acceptors (Lipinski definition) is 5. The molecule has 0 aromatic heterocycles. The summed E-state index contributed by atoms with van der Waals surface area (Å²) >= 11 is 0. The van der Waals surface area contributed by atoms with Crippen molar-refractivity contribution in [2.24, 2.45) is 22.4 Å². The van der Waals surface area contributed by atoms with Crippen molar-refractivity contribution in [1.82, 2.24) is 5.01 Å². The Bertz CT molecular complexity index is 838. The van der Waals surface area contributed by atoms with Gasteiger partial charge in [0.2, 0.25) is 11.8 Å². The summed E-state index contributed by atoms with van der Waals surface area (Å²) in [5.41, 5.74) is -0.0849. The SMILES string of the molecule is CC(C)(C)C(=O)C1C2C(=O)N(c3ccccc3)C(=O)C2C2C=CC=NN21. The van der Waals surface area contributed by atoms with E-state index in [2.05, 4.69) is 5.10 Å². The number of allylic oxidation sites excluding steroid dienone is 1. The molecule has 0 saturated carbocycles. The zero-order chi connectivity index (χ0) is 18.6. The lowest BCUT2D eigenvalue weighted by Crippen LogP contribution is -2.49. The Balaban J connectivity index is 1.80. The molecule has 4 unspecified atom stereocenters. The minimum Gasteiger partial charge on any atom is -0.297 e. The first-order valence-electron chi connectivity index (χ1n) is 8.78. The van der Waals surface area contributed by atoms with Crippen LogP contribution in [0.15, 0.2) is 47.6 Å². The normalized spacial score (nSPS) is 30.0. The summed E-state index contributed by atoms with van der Waals surface area (Å²) in [5.74, 6) is -1.94. The number of para-hydroxylation sites is 1. The Kier molecular flexibility index (Phi) is 3.61. The fourth-order valence-electron chi connectivity index (χ4n) is 4.11. The Morgan fingerprint density at radius 1 is 1.04 bits per heavy atom. The van der Waals surface area contributed by atoms with Gasteiger partial charge in [-0.3, -0.25) is 19.4 Å². The summed E-state index contributed by atoms with van der Waals surface area (Å²) in [6.45, 7) is 5.49. The number of carbonyl (C=O) groups is 3. The van der Waals surface area contributed by atoms with Crippen LogP contribution in [0, 0.1) is 17.3 Å². The van der Waals surface area contributed by atoms with Crippen molar-refractivity contribution in [1.29, 1.82) is 0 Å². The molecule has 3 aliphatic heterocycles. The molecule has 0 bridgehead atoms. The molecule has 1 aromatic rings. The highest BCUT2D eigenvalue weighted by molar-refractivity contribution is 6.24. The maximum absolute atomic E-state index is 13.2. The Hall–Kier alpha value is -2.76. The number of rotatable bonds is 2. The summed E-state index contributed by atoms with van der Waals surface area (Å²) in [5, 5.41) is 5.99. The second kappa shape index (κ2) is 5.62. The van der Waals surface area contributed by atoms with E-state index in [-0.39, 0.29) is 23.6 Å². The van der Waals surface area contributed by atoms with Crippen molar-refractivity contribution >= 4 is 29.5 Å². The maximum Gasteiger partial charge on any atom is 0.240 e. The number of amides is 2. The number of imide groups is 1. The van der Waals surface area contributed by atoms with E-state index in [4.69, 9.17) is 0 Å². The Labute approximate surface area is 152 Å². The molecule has 3 heterocycles. The van der Waals surface area contributed by atoms with Crippen molar-refractivity contribution in [2.75, 3.05) is 4.90 Å². The van der Waals surface area contributed by atoms with E-state index in [1.807, 2.05) is 32.9 Å². The highest BCUT2D eigenvalue weighted by Gasteiger charge is 2.64. The first-order chi connectivity index (χ1) is 12.3. The lowest BCUT2D eigenvalue weighted by molar-refractivity contribution is -0.136. The number of hydrazone groups is 1. The minimum atomic E-state index is -0.726. The topological polar surface area (TPSA) is 70.0 Å². The van der Waals surface area contributed by atoms with Gasteiger partial charge in [0.25, 0.3) is 0 Å². The zero-order valence-electron chi connectivity index (χ0n) is 15.0. The van der Waals surface area contributed by atoms with Crippen LogP contribution >= 0.6 is 0 Å². The van der Waals surface area contributed by atoms with Crippen LogP contribution < -0.4 is 4.90 Å². The van der Waals surface area contributed by atoms with Crippen LogP contribution in [0.1, 0.15) is 20.8 Å². The molecule has 0 spiro atoms. The molecule has 2 fully saturated rings. The van der Waals surface area contributed by atoms with E-state index in [1.165, 1.54) is 4.90 Å². The number of hydrogen-bond donors (Lipinski definition) is 0. The van der Waals surface area contributed by atoms with Crippen LogP contribution in [0.3, 0.4) is 0 Å². The quantitative estimate of drug-likeness (QED) is 0.765. The standard InChI is InChI=1S/C20H21N3O3/c1-20(2,3)17(24)16-15-14(13-10-7-11-21-23(13)16)18(25)22(19(15)26)12-8-5-4-6-9-12/h4-11,13-16H,1-3H3. The van der Waals surface area contributed by atoms with Gasteiger partial charge in [-0.15, -0.1) is 0 Å². The molecule has 2 amide bonds. The molecule has 6 nitrogen and oxygen atoms in total. The third-order valence-electron chi connectivity index (χ3n) is 5.31. The second-order valence-electron chi connectivity index (χ2n) is 7.98. The maximum atomic E-state index is 13.2. The average Bonchev–Trinajstić information content (AvgIpc) is 3.08. The molecule has 26 heavy (non-hydrogen) atoms.